The minimum absolute atomic E-state index is 0.0116. The Hall–Kier alpha value is -3.68. The van der Waals surface area contributed by atoms with Gasteiger partial charge in [0.25, 0.3) is 11.8 Å². The number of rotatable bonds is 9. The highest BCUT2D eigenvalue weighted by molar-refractivity contribution is 7.89. The lowest BCUT2D eigenvalue weighted by Gasteiger charge is -2.34. The molecular weight excluding hydrogens is 566 g/mol. The first kappa shape index (κ1) is 30.3. The number of methoxy groups -OCH3 is 1. The van der Waals surface area contributed by atoms with E-state index in [0.717, 1.165) is 4.70 Å². The van der Waals surface area contributed by atoms with Crippen LogP contribution in [0, 0.1) is 0 Å². The third kappa shape index (κ3) is 6.02. The van der Waals surface area contributed by atoms with Gasteiger partial charge in [-0.15, -0.1) is 11.3 Å². The zero-order valence-electron chi connectivity index (χ0n) is 23.6. The molecule has 41 heavy (non-hydrogen) atoms. The number of urea groups is 1. The van der Waals surface area contributed by atoms with E-state index in [2.05, 4.69) is 16.0 Å². The molecule has 3 aromatic rings. The van der Waals surface area contributed by atoms with Gasteiger partial charge in [-0.3, -0.25) is 14.9 Å². The van der Waals surface area contributed by atoms with Crippen LogP contribution >= 0.6 is 11.3 Å². The highest BCUT2D eigenvalue weighted by Crippen LogP contribution is 2.41. The second-order valence-corrected chi connectivity index (χ2v) is 12.2. The molecule has 1 aliphatic heterocycles. The van der Waals surface area contributed by atoms with Gasteiger partial charge in [-0.2, -0.15) is 4.31 Å². The van der Waals surface area contributed by atoms with E-state index in [1.807, 2.05) is 6.92 Å². The van der Waals surface area contributed by atoms with E-state index in [-0.39, 0.29) is 42.5 Å². The minimum Gasteiger partial charge on any atom is -0.495 e. The van der Waals surface area contributed by atoms with Crippen LogP contribution in [0.5, 0.6) is 5.75 Å². The summed E-state index contributed by atoms with van der Waals surface area (Å²) in [5.74, 6) is -0.175. The van der Waals surface area contributed by atoms with Crippen LogP contribution in [0.25, 0.3) is 10.1 Å². The van der Waals surface area contributed by atoms with E-state index in [1.54, 1.807) is 56.2 Å². The molecule has 0 saturated carbocycles. The molecule has 13 heteroatoms. The van der Waals surface area contributed by atoms with Crippen LogP contribution < -0.4 is 20.7 Å². The highest BCUT2D eigenvalue weighted by Gasteiger charge is 2.35. The average Bonchev–Trinajstić information content (AvgIpc) is 3.34. The SMILES string of the molecule is CCNC(=O)Nc1sc2c(OC)cccc2c1C(=O)N1CCN(S(=O)(=O)c2c(CC)cccc2C(=O)NCC)CC1. The van der Waals surface area contributed by atoms with Gasteiger partial charge in [0.1, 0.15) is 10.8 Å². The summed E-state index contributed by atoms with van der Waals surface area (Å²) in [6.45, 7) is 6.62. The molecular formula is C28H35N5O6S2. The fourth-order valence-electron chi connectivity index (χ4n) is 4.88. The van der Waals surface area contributed by atoms with E-state index in [0.29, 0.717) is 46.8 Å². The maximum absolute atomic E-state index is 13.9. The number of thiophene rings is 1. The van der Waals surface area contributed by atoms with Crippen molar-refractivity contribution in [3.63, 3.8) is 0 Å². The molecule has 1 fully saturated rings. The fourth-order valence-corrected chi connectivity index (χ4v) is 7.95. The molecule has 0 atom stereocenters. The zero-order chi connectivity index (χ0) is 29.7. The van der Waals surface area contributed by atoms with Crippen LogP contribution in [-0.4, -0.2) is 81.8 Å². The van der Waals surface area contributed by atoms with Crippen molar-refractivity contribution in [2.24, 2.45) is 0 Å². The summed E-state index contributed by atoms with van der Waals surface area (Å²) >= 11 is 1.25. The van der Waals surface area contributed by atoms with Crippen molar-refractivity contribution < 1.29 is 27.5 Å². The zero-order valence-corrected chi connectivity index (χ0v) is 25.2. The first-order chi connectivity index (χ1) is 19.7. The first-order valence-electron chi connectivity index (χ1n) is 13.5. The number of carbonyl (C=O) groups excluding carboxylic acids is 3. The van der Waals surface area contributed by atoms with Crippen molar-refractivity contribution >= 4 is 54.3 Å². The van der Waals surface area contributed by atoms with Gasteiger partial charge in [0, 0.05) is 44.7 Å². The first-order valence-corrected chi connectivity index (χ1v) is 15.8. The Morgan fingerprint density at radius 1 is 0.951 bits per heavy atom. The summed E-state index contributed by atoms with van der Waals surface area (Å²) in [7, 11) is -2.48. The topological polar surface area (TPSA) is 137 Å². The Bertz CT molecular complexity index is 1560. The van der Waals surface area contributed by atoms with Crippen LogP contribution in [0.15, 0.2) is 41.3 Å². The molecule has 4 rings (SSSR count). The van der Waals surface area contributed by atoms with Crippen LogP contribution in [0.4, 0.5) is 9.80 Å². The Balaban J connectivity index is 1.62. The molecule has 11 nitrogen and oxygen atoms in total. The number of hydrogen-bond acceptors (Lipinski definition) is 7. The lowest BCUT2D eigenvalue weighted by molar-refractivity contribution is 0.0701. The van der Waals surface area contributed by atoms with Crippen molar-refractivity contribution in [3.05, 3.63) is 53.1 Å². The Kier molecular flexibility index (Phi) is 9.51. The molecule has 2 aromatic carbocycles. The van der Waals surface area contributed by atoms with E-state index in [9.17, 15) is 22.8 Å². The van der Waals surface area contributed by atoms with Gasteiger partial charge in [0.2, 0.25) is 10.0 Å². The van der Waals surface area contributed by atoms with Crippen molar-refractivity contribution in [3.8, 4) is 5.75 Å². The average molecular weight is 602 g/mol. The number of hydrogen-bond donors (Lipinski definition) is 3. The Morgan fingerprint density at radius 3 is 2.27 bits per heavy atom. The van der Waals surface area contributed by atoms with Gasteiger partial charge in [-0.1, -0.05) is 31.2 Å². The molecule has 4 amide bonds. The molecule has 1 saturated heterocycles. The van der Waals surface area contributed by atoms with E-state index in [4.69, 9.17) is 4.74 Å². The second-order valence-electron chi connectivity index (χ2n) is 9.33. The number of ether oxygens (including phenoxy) is 1. The predicted molar refractivity (Wildman–Crippen MR) is 160 cm³/mol. The number of aryl methyl sites for hydroxylation is 1. The number of piperazine rings is 1. The number of nitrogens with zero attached hydrogens (tertiary/aromatic N) is 2. The largest absolute Gasteiger partial charge is 0.495 e. The molecule has 1 aliphatic rings. The van der Waals surface area contributed by atoms with E-state index < -0.39 is 22.0 Å². The summed E-state index contributed by atoms with van der Waals surface area (Å²) < 4.78 is 35.3. The molecule has 0 unspecified atom stereocenters. The van der Waals surface area contributed by atoms with Gasteiger partial charge in [0.05, 0.1) is 27.8 Å². The van der Waals surface area contributed by atoms with Crippen LogP contribution in [-0.2, 0) is 16.4 Å². The molecule has 220 valence electrons. The van der Waals surface area contributed by atoms with E-state index in [1.165, 1.54) is 21.7 Å². The van der Waals surface area contributed by atoms with Crippen LogP contribution in [0.1, 0.15) is 47.1 Å². The van der Waals surface area contributed by atoms with Crippen molar-refractivity contribution in [2.45, 2.75) is 32.1 Å². The van der Waals surface area contributed by atoms with Crippen molar-refractivity contribution in [1.29, 1.82) is 0 Å². The normalized spacial score (nSPS) is 14.1. The van der Waals surface area contributed by atoms with Crippen molar-refractivity contribution in [2.75, 3.05) is 51.7 Å². The highest BCUT2D eigenvalue weighted by atomic mass is 32.2. The molecule has 0 spiro atoms. The summed E-state index contributed by atoms with van der Waals surface area (Å²) in [6, 6.07) is 9.87. The quantitative estimate of drug-likeness (QED) is 0.343. The monoisotopic (exact) mass is 601 g/mol. The number of benzene rings is 2. The molecule has 0 aliphatic carbocycles. The van der Waals surface area contributed by atoms with Crippen LogP contribution in [0.2, 0.25) is 0 Å². The Labute approximate surface area is 243 Å². The third-order valence-electron chi connectivity index (χ3n) is 6.86. The minimum atomic E-state index is -4.02. The van der Waals surface area contributed by atoms with E-state index >= 15 is 0 Å². The smallest absolute Gasteiger partial charge is 0.319 e. The van der Waals surface area contributed by atoms with Gasteiger partial charge in [0.15, 0.2) is 0 Å². The summed E-state index contributed by atoms with van der Waals surface area (Å²) in [6.07, 6.45) is 0.441. The lowest BCUT2D eigenvalue weighted by Crippen LogP contribution is -2.51. The molecule has 2 heterocycles. The number of carbonyl (C=O) groups is 3. The number of anilines is 1. The van der Waals surface area contributed by atoms with Gasteiger partial charge in [-0.25, -0.2) is 13.2 Å². The van der Waals surface area contributed by atoms with Gasteiger partial charge >= 0.3 is 6.03 Å². The number of amides is 4. The summed E-state index contributed by atoms with van der Waals surface area (Å²) in [5.41, 5.74) is 1.01. The maximum atomic E-state index is 13.9. The van der Waals surface area contributed by atoms with Crippen LogP contribution in [0.3, 0.4) is 0 Å². The molecule has 1 aromatic heterocycles. The number of nitrogens with one attached hydrogen (secondary N) is 3. The Morgan fingerprint density at radius 2 is 1.63 bits per heavy atom. The molecule has 0 radical (unpaired) electrons. The lowest BCUT2D eigenvalue weighted by atomic mass is 10.1. The van der Waals surface area contributed by atoms with Gasteiger partial charge < -0.3 is 20.3 Å². The predicted octanol–water partition coefficient (Wildman–Crippen LogP) is 3.51. The molecule has 3 N–H and O–H groups in total. The maximum Gasteiger partial charge on any atom is 0.319 e. The molecule has 0 bridgehead atoms. The standard InChI is InChI=1S/C28H35N5O6S2/c1-5-18-10-8-12-20(25(34)29-6-2)24(18)41(37,38)33-16-14-32(15-17-33)27(35)22-19-11-9-13-21(39-4)23(19)40-26(22)31-28(36)30-7-3/h8-13H,5-7,14-17H2,1-4H3,(H,29,34)(H2,30,31,36). The van der Waals surface area contributed by atoms with Crippen molar-refractivity contribution in [1.82, 2.24) is 19.8 Å². The second kappa shape index (κ2) is 12.9. The number of fused-ring (bicyclic) bond motifs is 1. The fraction of sp³-hybridized carbons (Fsp3) is 0.393. The van der Waals surface area contributed by atoms with Gasteiger partial charge in [-0.05, 0) is 38.0 Å². The number of sulfonamides is 1. The summed E-state index contributed by atoms with van der Waals surface area (Å²) in [5, 5.41) is 9.20. The third-order valence-corrected chi connectivity index (χ3v) is 10.0. The summed E-state index contributed by atoms with van der Waals surface area (Å²) in [4.78, 5) is 40.6.